The first-order chi connectivity index (χ1) is 8.54. The first-order valence-corrected chi connectivity index (χ1v) is 7.00. The van der Waals surface area contributed by atoms with Gasteiger partial charge in [-0.15, -0.1) is 11.3 Å². The van der Waals surface area contributed by atoms with Gasteiger partial charge in [0, 0.05) is 18.5 Å². The Morgan fingerprint density at radius 3 is 2.94 bits per heavy atom. The topological polar surface area (TPSA) is 88.2 Å². The molecule has 0 aliphatic heterocycles. The third-order valence-corrected chi connectivity index (χ3v) is 3.57. The van der Waals surface area contributed by atoms with Crippen molar-refractivity contribution in [2.24, 2.45) is 11.7 Å². The Morgan fingerprint density at radius 2 is 2.33 bits per heavy atom. The van der Waals surface area contributed by atoms with E-state index in [0.29, 0.717) is 18.9 Å². The molecule has 0 aromatic carbocycles. The summed E-state index contributed by atoms with van der Waals surface area (Å²) in [5, 5.41) is 14.1. The van der Waals surface area contributed by atoms with Crippen molar-refractivity contribution in [3.63, 3.8) is 0 Å². The maximum Gasteiger partial charge on any atom is 0.226 e. The molecule has 0 saturated carbocycles. The van der Waals surface area contributed by atoms with Gasteiger partial charge in [0.25, 0.3) is 0 Å². The van der Waals surface area contributed by atoms with Gasteiger partial charge in [0.15, 0.2) is 0 Å². The number of thiazole rings is 1. The standard InChI is InChI=1S/C12H21N3O2S/c1-8(2)11(13)12-15-9(7-18-12)6-10(17)14-4-3-5-16/h7-8,11,16H,3-6,13H2,1-2H3,(H,14,17). The van der Waals surface area contributed by atoms with E-state index in [-0.39, 0.29) is 25.0 Å². The van der Waals surface area contributed by atoms with Gasteiger partial charge in [-0.05, 0) is 12.3 Å². The summed E-state index contributed by atoms with van der Waals surface area (Å²) in [6.45, 7) is 4.68. The molecule has 1 amide bonds. The van der Waals surface area contributed by atoms with Crippen LogP contribution in [0.15, 0.2) is 5.38 Å². The minimum absolute atomic E-state index is 0.0683. The van der Waals surface area contributed by atoms with Crippen LogP contribution in [-0.2, 0) is 11.2 Å². The van der Waals surface area contributed by atoms with E-state index < -0.39 is 0 Å². The lowest BCUT2D eigenvalue weighted by atomic mass is 10.1. The van der Waals surface area contributed by atoms with Crippen LogP contribution in [0.5, 0.6) is 0 Å². The first kappa shape index (κ1) is 15.1. The van der Waals surface area contributed by atoms with Crippen LogP contribution in [-0.4, -0.2) is 29.1 Å². The highest BCUT2D eigenvalue weighted by Gasteiger charge is 2.15. The molecule has 0 fully saturated rings. The Balaban J connectivity index is 2.46. The first-order valence-electron chi connectivity index (χ1n) is 6.12. The molecule has 0 bridgehead atoms. The van der Waals surface area contributed by atoms with Crippen molar-refractivity contribution >= 4 is 17.2 Å². The van der Waals surface area contributed by atoms with Crippen LogP contribution >= 0.6 is 11.3 Å². The van der Waals surface area contributed by atoms with E-state index in [0.717, 1.165) is 10.7 Å². The number of rotatable bonds is 7. The van der Waals surface area contributed by atoms with Gasteiger partial charge in [0.1, 0.15) is 5.01 Å². The second-order valence-electron chi connectivity index (χ2n) is 4.55. The lowest BCUT2D eigenvalue weighted by molar-refractivity contribution is -0.120. The number of aliphatic hydroxyl groups excluding tert-OH is 1. The SMILES string of the molecule is CC(C)C(N)c1nc(CC(=O)NCCCO)cs1. The van der Waals surface area contributed by atoms with Crippen molar-refractivity contribution in [1.82, 2.24) is 10.3 Å². The van der Waals surface area contributed by atoms with Crippen molar-refractivity contribution in [2.75, 3.05) is 13.2 Å². The summed E-state index contributed by atoms with van der Waals surface area (Å²) in [6, 6.07) is -0.0683. The molecule has 4 N–H and O–H groups in total. The summed E-state index contributed by atoms with van der Waals surface area (Å²) in [6.07, 6.45) is 0.846. The predicted molar refractivity (Wildman–Crippen MR) is 72.3 cm³/mol. The van der Waals surface area contributed by atoms with Gasteiger partial charge >= 0.3 is 0 Å². The summed E-state index contributed by atoms with van der Waals surface area (Å²) < 4.78 is 0. The molecule has 0 spiro atoms. The van der Waals surface area contributed by atoms with Gasteiger partial charge < -0.3 is 16.2 Å². The summed E-state index contributed by atoms with van der Waals surface area (Å²) in [5.74, 6) is 0.265. The molecule has 1 atom stereocenters. The second-order valence-corrected chi connectivity index (χ2v) is 5.44. The molecular weight excluding hydrogens is 250 g/mol. The van der Waals surface area contributed by atoms with E-state index >= 15 is 0 Å². The average Bonchev–Trinajstić information content (AvgIpc) is 2.76. The van der Waals surface area contributed by atoms with E-state index in [1.807, 2.05) is 19.2 Å². The smallest absolute Gasteiger partial charge is 0.226 e. The molecule has 18 heavy (non-hydrogen) atoms. The molecule has 1 rings (SSSR count). The predicted octanol–water partition coefficient (Wildman–Crippen LogP) is 0.840. The zero-order valence-electron chi connectivity index (χ0n) is 10.8. The fraction of sp³-hybridized carbons (Fsp3) is 0.667. The fourth-order valence-corrected chi connectivity index (χ4v) is 2.37. The monoisotopic (exact) mass is 271 g/mol. The van der Waals surface area contributed by atoms with Crippen LogP contribution in [0.1, 0.15) is 37.0 Å². The quantitative estimate of drug-likeness (QED) is 0.641. The Kier molecular flexibility index (Phi) is 6.24. The van der Waals surface area contributed by atoms with Crippen LogP contribution in [0.25, 0.3) is 0 Å². The molecule has 0 aliphatic carbocycles. The van der Waals surface area contributed by atoms with Crippen molar-refractivity contribution < 1.29 is 9.90 Å². The van der Waals surface area contributed by atoms with Crippen molar-refractivity contribution in [3.05, 3.63) is 16.1 Å². The number of nitrogens with two attached hydrogens (primary N) is 1. The van der Waals surface area contributed by atoms with Crippen molar-refractivity contribution in [3.8, 4) is 0 Å². The summed E-state index contributed by atoms with van der Waals surface area (Å²) in [5.41, 5.74) is 6.76. The number of carbonyl (C=O) groups is 1. The van der Waals surface area contributed by atoms with E-state index in [2.05, 4.69) is 10.3 Å². The lowest BCUT2D eigenvalue weighted by Gasteiger charge is -2.11. The van der Waals surface area contributed by atoms with Gasteiger partial charge in [0.05, 0.1) is 18.2 Å². The summed E-state index contributed by atoms with van der Waals surface area (Å²) in [7, 11) is 0. The number of aromatic nitrogens is 1. The normalized spacial score (nSPS) is 12.7. The molecular formula is C12H21N3O2S. The highest BCUT2D eigenvalue weighted by molar-refractivity contribution is 7.09. The number of nitrogens with one attached hydrogen (secondary N) is 1. The average molecular weight is 271 g/mol. The minimum atomic E-state index is -0.0709. The molecule has 5 nitrogen and oxygen atoms in total. The van der Waals surface area contributed by atoms with E-state index in [1.54, 1.807) is 0 Å². The Labute approximate surface area is 111 Å². The Hall–Kier alpha value is -0.980. The van der Waals surface area contributed by atoms with Gasteiger partial charge in [-0.3, -0.25) is 4.79 Å². The molecule has 1 unspecified atom stereocenters. The fourth-order valence-electron chi connectivity index (χ4n) is 1.38. The van der Waals surface area contributed by atoms with Crippen LogP contribution in [0.4, 0.5) is 0 Å². The van der Waals surface area contributed by atoms with Gasteiger partial charge in [-0.25, -0.2) is 4.98 Å². The summed E-state index contributed by atoms with van der Waals surface area (Å²) in [4.78, 5) is 15.9. The lowest BCUT2D eigenvalue weighted by Crippen LogP contribution is -2.26. The van der Waals surface area contributed by atoms with Crippen LogP contribution in [0, 0.1) is 5.92 Å². The Bertz CT molecular complexity index is 379. The minimum Gasteiger partial charge on any atom is -0.396 e. The zero-order valence-corrected chi connectivity index (χ0v) is 11.7. The molecule has 0 saturated heterocycles. The van der Waals surface area contributed by atoms with Gasteiger partial charge in [0.2, 0.25) is 5.91 Å². The second kappa shape index (κ2) is 7.45. The van der Waals surface area contributed by atoms with E-state index in [9.17, 15) is 4.79 Å². The molecule has 6 heteroatoms. The van der Waals surface area contributed by atoms with Gasteiger partial charge in [-0.1, -0.05) is 13.8 Å². The zero-order chi connectivity index (χ0) is 13.5. The molecule has 0 radical (unpaired) electrons. The Morgan fingerprint density at radius 1 is 1.61 bits per heavy atom. The number of amides is 1. The number of nitrogens with zero attached hydrogens (tertiary/aromatic N) is 1. The molecule has 1 heterocycles. The number of carbonyl (C=O) groups excluding carboxylic acids is 1. The molecule has 102 valence electrons. The number of hydrogen-bond acceptors (Lipinski definition) is 5. The largest absolute Gasteiger partial charge is 0.396 e. The van der Waals surface area contributed by atoms with Crippen LogP contribution in [0.2, 0.25) is 0 Å². The number of hydrogen-bond donors (Lipinski definition) is 3. The molecule has 0 aliphatic rings. The summed E-state index contributed by atoms with van der Waals surface area (Å²) >= 11 is 1.50. The van der Waals surface area contributed by atoms with Crippen molar-refractivity contribution in [1.29, 1.82) is 0 Å². The molecule has 1 aromatic rings. The number of aliphatic hydroxyl groups is 1. The van der Waals surface area contributed by atoms with Gasteiger partial charge in [-0.2, -0.15) is 0 Å². The maximum absolute atomic E-state index is 11.5. The molecule has 1 aromatic heterocycles. The van der Waals surface area contributed by atoms with Crippen LogP contribution < -0.4 is 11.1 Å². The maximum atomic E-state index is 11.5. The highest BCUT2D eigenvalue weighted by atomic mass is 32.1. The highest BCUT2D eigenvalue weighted by Crippen LogP contribution is 2.22. The third kappa shape index (κ3) is 4.72. The van der Waals surface area contributed by atoms with E-state index in [1.165, 1.54) is 11.3 Å². The van der Waals surface area contributed by atoms with E-state index in [4.69, 9.17) is 10.8 Å². The van der Waals surface area contributed by atoms with Crippen molar-refractivity contribution in [2.45, 2.75) is 32.7 Å². The van der Waals surface area contributed by atoms with Crippen LogP contribution in [0.3, 0.4) is 0 Å². The third-order valence-electron chi connectivity index (χ3n) is 2.57.